The van der Waals surface area contributed by atoms with Gasteiger partial charge in [0.05, 0.1) is 5.56 Å². The van der Waals surface area contributed by atoms with Gasteiger partial charge in [-0.25, -0.2) is 0 Å². The fourth-order valence-corrected chi connectivity index (χ4v) is 1.95. The van der Waals surface area contributed by atoms with E-state index in [1.165, 1.54) is 6.07 Å². The summed E-state index contributed by atoms with van der Waals surface area (Å²) in [4.78, 5) is 12.0. The Morgan fingerprint density at radius 3 is 2.50 bits per heavy atom. The van der Waals surface area contributed by atoms with Gasteiger partial charge in [0.2, 0.25) is 0 Å². The monoisotopic (exact) mass is 354 g/mol. The summed E-state index contributed by atoms with van der Waals surface area (Å²) in [7, 11) is 0. The van der Waals surface area contributed by atoms with Crippen LogP contribution in [0.3, 0.4) is 0 Å². The van der Waals surface area contributed by atoms with Crippen LogP contribution in [0.2, 0.25) is 0 Å². The zero-order chi connectivity index (χ0) is 13.1. The van der Waals surface area contributed by atoms with Crippen LogP contribution in [0.25, 0.3) is 0 Å². The third-order valence-electron chi connectivity index (χ3n) is 2.37. The molecule has 0 aliphatic carbocycles. The third kappa shape index (κ3) is 2.92. The number of halogens is 1. The average Bonchev–Trinajstić information content (AvgIpc) is 2.35. The van der Waals surface area contributed by atoms with Gasteiger partial charge >= 0.3 is 0 Å². The smallest absolute Gasteiger partial charge is 0.259 e. The van der Waals surface area contributed by atoms with Gasteiger partial charge in [0, 0.05) is 14.9 Å². The van der Waals surface area contributed by atoms with Gasteiger partial charge in [-0.15, -0.1) is 0 Å². The Morgan fingerprint density at radius 2 is 1.83 bits per heavy atom. The number of amides is 1. The highest BCUT2D eigenvalue weighted by molar-refractivity contribution is 14.1. The number of rotatable bonds is 2. The second kappa shape index (κ2) is 5.26. The maximum atomic E-state index is 12.0. The van der Waals surface area contributed by atoms with E-state index >= 15 is 0 Å². The number of hydrogen-bond acceptors (Lipinski definition) is 3. The summed E-state index contributed by atoms with van der Waals surface area (Å²) in [6.45, 7) is 0. The van der Waals surface area contributed by atoms with Crippen molar-refractivity contribution in [2.75, 3.05) is 11.1 Å². The fourth-order valence-electron chi connectivity index (χ4n) is 1.46. The summed E-state index contributed by atoms with van der Waals surface area (Å²) >= 11 is 2.08. The van der Waals surface area contributed by atoms with Crippen LogP contribution < -0.4 is 11.1 Å². The van der Waals surface area contributed by atoms with Crippen LogP contribution in [0.15, 0.2) is 42.5 Å². The van der Waals surface area contributed by atoms with Crippen molar-refractivity contribution in [1.29, 1.82) is 0 Å². The summed E-state index contributed by atoms with van der Waals surface area (Å²) in [6.07, 6.45) is 0. The highest BCUT2D eigenvalue weighted by Crippen LogP contribution is 2.21. The van der Waals surface area contributed by atoms with Crippen molar-refractivity contribution in [3.05, 3.63) is 51.6 Å². The number of benzene rings is 2. The second-order valence-corrected chi connectivity index (χ2v) is 4.98. The Morgan fingerprint density at radius 1 is 1.17 bits per heavy atom. The summed E-state index contributed by atoms with van der Waals surface area (Å²) in [5.41, 5.74) is 7.07. The Bertz CT molecular complexity index is 582. The number of phenols is 1. The quantitative estimate of drug-likeness (QED) is 0.574. The molecule has 0 atom stereocenters. The van der Waals surface area contributed by atoms with Crippen LogP contribution in [-0.4, -0.2) is 11.0 Å². The first-order chi connectivity index (χ1) is 8.56. The minimum absolute atomic E-state index is 0.0386. The molecule has 0 spiro atoms. The van der Waals surface area contributed by atoms with Gasteiger partial charge in [-0.05, 0) is 65.1 Å². The molecule has 18 heavy (non-hydrogen) atoms. The maximum absolute atomic E-state index is 12.0. The molecule has 4 nitrogen and oxygen atoms in total. The minimum atomic E-state index is -0.351. The largest absolute Gasteiger partial charge is 0.507 e. The number of nitrogens with one attached hydrogen (secondary N) is 1. The van der Waals surface area contributed by atoms with E-state index in [1.54, 1.807) is 36.4 Å². The highest BCUT2D eigenvalue weighted by Gasteiger charge is 2.11. The van der Waals surface area contributed by atoms with Gasteiger partial charge in [0.15, 0.2) is 0 Å². The Labute approximate surface area is 118 Å². The lowest BCUT2D eigenvalue weighted by atomic mass is 10.2. The van der Waals surface area contributed by atoms with Gasteiger partial charge in [-0.3, -0.25) is 4.79 Å². The molecule has 0 saturated heterocycles. The SMILES string of the molecule is Nc1ccc(NC(=O)c2cc(I)ccc2O)cc1. The van der Waals surface area contributed by atoms with E-state index < -0.39 is 0 Å². The van der Waals surface area contributed by atoms with E-state index in [1.807, 2.05) is 0 Å². The predicted molar refractivity (Wildman–Crippen MR) is 79.6 cm³/mol. The lowest BCUT2D eigenvalue weighted by Gasteiger charge is -2.07. The standard InChI is InChI=1S/C13H11IN2O2/c14-8-1-6-12(17)11(7-8)13(18)16-10-4-2-9(15)3-5-10/h1-7,17H,15H2,(H,16,18). The highest BCUT2D eigenvalue weighted by atomic mass is 127. The van der Waals surface area contributed by atoms with E-state index in [0.717, 1.165) is 3.57 Å². The lowest BCUT2D eigenvalue weighted by Crippen LogP contribution is -2.12. The number of phenolic OH excluding ortho intramolecular Hbond substituents is 1. The Balaban J connectivity index is 2.21. The molecule has 1 amide bonds. The molecule has 2 rings (SSSR count). The van der Waals surface area contributed by atoms with Crippen molar-refractivity contribution >= 4 is 39.9 Å². The van der Waals surface area contributed by atoms with Crippen LogP contribution in [0.1, 0.15) is 10.4 Å². The number of anilines is 2. The second-order valence-electron chi connectivity index (χ2n) is 3.74. The first-order valence-corrected chi connectivity index (χ1v) is 6.29. The molecule has 0 bridgehead atoms. The van der Waals surface area contributed by atoms with Crippen molar-refractivity contribution in [2.45, 2.75) is 0 Å². The summed E-state index contributed by atoms with van der Waals surface area (Å²) in [6, 6.07) is 11.7. The zero-order valence-corrected chi connectivity index (χ0v) is 11.5. The van der Waals surface area contributed by atoms with Gasteiger partial charge in [0.1, 0.15) is 5.75 Å². The van der Waals surface area contributed by atoms with E-state index in [-0.39, 0.29) is 17.2 Å². The third-order valence-corrected chi connectivity index (χ3v) is 3.04. The molecule has 92 valence electrons. The number of aromatic hydroxyl groups is 1. The molecule has 2 aromatic carbocycles. The van der Waals surface area contributed by atoms with Gasteiger partial charge < -0.3 is 16.2 Å². The van der Waals surface area contributed by atoms with Crippen molar-refractivity contribution in [2.24, 2.45) is 0 Å². The minimum Gasteiger partial charge on any atom is -0.507 e. The van der Waals surface area contributed by atoms with Crippen LogP contribution in [-0.2, 0) is 0 Å². The molecule has 0 aromatic heterocycles. The lowest BCUT2D eigenvalue weighted by molar-refractivity contribution is 0.102. The molecule has 2 aromatic rings. The molecule has 0 aliphatic heterocycles. The fraction of sp³-hybridized carbons (Fsp3) is 0. The van der Waals surface area contributed by atoms with Crippen molar-refractivity contribution in [1.82, 2.24) is 0 Å². The van der Waals surface area contributed by atoms with Crippen molar-refractivity contribution < 1.29 is 9.90 Å². The van der Waals surface area contributed by atoms with Gasteiger partial charge in [-0.2, -0.15) is 0 Å². The number of nitrogen functional groups attached to an aromatic ring is 1. The first kappa shape index (κ1) is 12.7. The number of hydrogen-bond donors (Lipinski definition) is 3. The molecule has 4 N–H and O–H groups in total. The molecule has 0 unspecified atom stereocenters. The van der Waals surface area contributed by atoms with E-state index in [2.05, 4.69) is 27.9 Å². The molecule has 0 aliphatic rings. The summed E-state index contributed by atoms with van der Waals surface area (Å²) in [5.74, 6) is -0.390. The predicted octanol–water partition coefficient (Wildman–Crippen LogP) is 2.83. The van der Waals surface area contributed by atoms with Crippen LogP contribution in [0.4, 0.5) is 11.4 Å². The molecular formula is C13H11IN2O2. The molecule has 0 heterocycles. The topological polar surface area (TPSA) is 75.3 Å². The summed E-state index contributed by atoms with van der Waals surface area (Å²) < 4.78 is 0.882. The van der Waals surface area contributed by atoms with E-state index in [9.17, 15) is 9.90 Å². The maximum Gasteiger partial charge on any atom is 0.259 e. The van der Waals surface area contributed by atoms with Crippen LogP contribution >= 0.6 is 22.6 Å². The van der Waals surface area contributed by atoms with Crippen molar-refractivity contribution in [3.8, 4) is 5.75 Å². The van der Waals surface area contributed by atoms with Crippen LogP contribution in [0, 0.1) is 3.57 Å². The zero-order valence-electron chi connectivity index (χ0n) is 9.35. The summed E-state index contributed by atoms with van der Waals surface area (Å²) in [5, 5.41) is 12.3. The van der Waals surface area contributed by atoms with Crippen LogP contribution in [0.5, 0.6) is 5.75 Å². The normalized spacial score (nSPS) is 10.1. The van der Waals surface area contributed by atoms with Gasteiger partial charge in [0.25, 0.3) is 5.91 Å². The van der Waals surface area contributed by atoms with E-state index in [0.29, 0.717) is 11.4 Å². The van der Waals surface area contributed by atoms with E-state index in [4.69, 9.17) is 5.73 Å². The number of carbonyl (C=O) groups excluding carboxylic acids is 1. The molecule has 0 saturated carbocycles. The molecular weight excluding hydrogens is 343 g/mol. The van der Waals surface area contributed by atoms with Crippen molar-refractivity contribution in [3.63, 3.8) is 0 Å². The molecule has 5 heteroatoms. The average molecular weight is 354 g/mol. The molecule has 0 fully saturated rings. The Kier molecular flexibility index (Phi) is 3.71. The molecule has 0 radical (unpaired) electrons. The first-order valence-electron chi connectivity index (χ1n) is 5.21. The number of carbonyl (C=O) groups is 1. The Hall–Kier alpha value is -1.76. The van der Waals surface area contributed by atoms with Gasteiger partial charge in [-0.1, -0.05) is 0 Å². The number of nitrogens with two attached hydrogens (primary N) is 1.